The molecule has 0 aromatic rings. The van der Waals surface area contributed by atoms with Crippen molar-refractivity contribution in [2.45, 2.75) is 0 Å². The van der Waals surface area contributed by atoms with Crippen LogP contribution in [0.25, 0.3) is 0 Å². The summed E-state index contributed by atoms with van der Waals surface area (Å²) in [7, 11) is 0. The molecule has 0 N–H and O–H groups in total. The van der Waals surface area contributed by atoms with E-state index in [1.165, 1.54) is 0 Å². The first kappa shape index (κ1) is 33.7. The van der Waals surface area contributed by atoms with Crippen molar-refractivity contribution < 1.29 is 101 Å². The van der Waals surface area contributed by atoms with Crippen molar-refractivity contribution in [3.8, 4) is 0 Å². The molecule has 0 saturated carbocycles. The topological polar surface area (TPSA) is 0 Å². The molecule has 0 amide bonds. The Morgan fingerprint density at radius 1 is 1.20 bits per heavy atom. The van der Waals surface area contributed by atoms with E-state index < -0.39 is 0 Å². The molecule has 5 heavy (non-hydrogen) atoms. The molecule has 0 saturated heterocycles. The van der Waals surface area contributed by atoms with Gasteiger partial charge in [-0.1, -0.05) is 0 Å². The normalized spacial score (nSPS) is 0. The van der Waals surface area contributed by atoms with E-state index in [2.05, 4.69) is 0 Å². The van der Waals surface area contributed by atoms with Crippen LogP contribution in [0.15, 0.2) is 0 Å². The molecule has 5 heteroatoms. The van der Waals surface area contributed by atoms with Crippen LogP contribution in [0.2, 0.25) is 0 Å². The first-order valence-electron chi connectivity index (χ1n) is 0. The van der Waals surface area contributed by atoms with Gasteiger partial charge in [0.05, 0.1) is 0 Å². The van der Waals surface area contributed by atoms with Crippen molar-refractivity contribution in [3.63, 3.8) is 0 Å². The third-order valence-corrected chi connectivity index (χ3v) is 0. The molecule has 0 aliphatic rings. The van der Waals surface area contributed by atoms with Crippen molar-refractivity contribution in [3.05, 3.63) is 0 Å². The number of rotatable bonds is 0. The minimum atomic E-state index is 0. The molecule has 0 spiro atoms. The standard InChI is InChI=1S/B.Mn.Mo.Rb.Sr.3H/q;;;+1;+2;3*-1. The summed E-state index contributed by atoms with van der Waals surface area (Å²) >= 11 is 0. The van der Waals surface area contributed by atoms with E-state index in [0.29, 0.717) is 0 Å². The van der Waals surface area contributed by atoms with Crippen LogP contribution in [-0.4, -0.2) is 53.9 Å². The molecule has 22 valence electrons. The van der Waals surface area contributed by atoms with Crippen LogP contribution in [0, 0.1) is 0 Å². The van der Waals surface area contributed by atoms with Gasteiger partial charge in [0.2, 0.25) is 0 Å². The summed E-state index contributed by atoms with van der Waals surface area (Å²) in [5.41, 5.74) is 0. The van der Waals surface area contributed by atoms with E-state index in [1.807, 2.05) is 0 Å². The molecular formula is H3BMnMoRbSr. The predicted molar refractivity (Wildman–Crippen MR) is 14.8 cm³/mol. The van der Waals surface area contributed by atoms with E-state index >= 15 is 0 Å². The average Bonchev–Trinajstić information content (AvgIpc) is 0. The van der Waals surface area contributed by atoms with Gasteiger partial charge in [-0.2, -0.15) is 0 Å². The van der Waals surface area contributed by atoms with Gasteiger partial charge >= 0.3 is 104 Å². The summed E-state index contributed by atoms with van der Waals surface area (Å²) in [5, 5.41) is 0. The fraction of sp³-hybridized carbons (Fsp3) is 0. The third-order valence-electron chi connectivity index (χ3n) is 0. The molecule has 0 heterocycles. The summed E-state index contributed by atoms with van der Waals surface area (Å²) in [6, 6.07) is 0. The number of hydrogen-bond acceptors (Lipinski definition) is 0. The second-order valence-corrected chi connectivity index (χ2v) is 0. The largest absolute Gasteiger partial charge is 2.00 e. The van der Waals surface area contributed by atoms with Gasteiger partial charge in [0.25, 0.3) is 0 Å². The first-order valence-corrected chi connectivity index (χ1v) is 0. The summed E-state index contributed by atoms with van der Waals surface area (Å²) in [6.45, 7) is 0. The second kappa shape index (κ2) is 23.5. The van der Waals surface area contributed by atoms with E-state index in [0.717, 1.165) is 0 Å². The first-order chi connectivity index (χ1) is 0. The zero-order valence-corrected chi connectivity index (χ0v) is 14.7. The maximum absolute atomic E-state index is 0. The molecule has 0 rings (SSSR count). The zero-order valence-electron chi connectivity index (χ0n) is 6.07. The van der Waals surface area contributed by atoms with Gasteiger partial charge in [0.15, 0.2) is 0 Å². The Morgan fingerprint density at radius 3 is 1.20 bits per heavy atom. The van der Waals surface area contributed by atoms with Gasteiger partial charge in [-0.05, 0) is 0 Å². The Labute approximate surface area is 150 Å². The Morgan fingerprint density at radius 2 is 1.20 bits per heavy atom. The van der Waals surface area contributed by atoms with E-state index in [4.69, 9.17) is 0 Å². The third kappa shape index (κ3) is 17.7. The summed E-state index contributed by atoms with van der Waals surface area (Å²) in [5.74, 6) is 0. The van der Waals surface area contributed by atoms with Crippen LogP contribution in [0.5, 0.6) is 0 Å². The molecule has 0 unspecified atom stereocenters. The number of hydrogen-bond donors (Lipinski definition) is 0. The Balaban J connectivity index is 0. The Kier molecular flexibility index (Phi) is 159. The van der Waals surface area contributed by atoms with Gasteiger partial charge in [0.1, 0.15) is 0 Å². The molecule has 0 aliphatic carbocycles. The maximum atomic E-state index is 0. The van der Waals surface area contributed by atoms with Crippen molar-refractivity contribution in [1.29, 1.82) is 0 Å². The smallest absolute Gasteiger partial charge is 1.00 e. The molecule has 4 radical (unpaired) electrons. The van der Waals surface area contributed by atoms with Gasteiger partial charge < -0.3 is 4.28 Å². The Bertz CT molecular complexity index is 19.2. The van der Waals surface area contributed by atoms with Crippen LogP contribution in [0.1, 0.15) is 4.28 Å². The minimum absolute atomic E-state index is 0. The average molecular weight is 338 g/mol. The molecule has 0 atom stereocenters. The molecule has 0 fully saturated rings. The molecule has 0 aromatic heterocycles. The molecule has 0 aliphatic heterocycles. The van der Waals surface area contributed by atoms with Gasteiger partial charge in [-0.3, -0.25) is 0 Å². The van der Waals surface area contributed by atoms with Crippen LogP contribution >= 0.6 is 0 Å². The molecule has 0 nitrogen and oxygen atoms in total. The van der Waals surface area contributed by atoms with E-state index in [1.54, 1.807) is 0 Å². The van der Waals surface area contributed by atoms with Crippen molar-refractivity contribution in [2.75, 3.05) is 0 Å². The van der Waals surface area contributed by atoms with Crippen molar-refractivity contribution >= 4 is 53.9 Å². The quantitative estimate of drug-likeness (QED) is 0.404. The van der Waals surface area contributed by atoms with Crippen LogP contribution in [-0.2, 0) is 38.1 Å². The molecule has 0 aromatic carbocycles. The predicted octanol–water partition coefficient (Wildman–Crippen LogP) is -3.43. The van der Waals surface area contributed by atoms with Crippen LogP contribution in [0.4, 0.5) is 0 Å². The van der Waals surface area contributed by atoms with Crippen molar-refractivity contribution in [1.82, 2.24) is 0 Å². The van der Waals surface area contributed by atoms with E-state index in [-0.39, 0.29) is 154 Å². The van der Waals surface area contributed by atoms with Gasteiger partial charge in [0, 0.05) is 46.5 Å². The minimum Gasteiger partial charge on any atom is -1.00 e. The van der Waals surface area contributed by atoms with E-state index in [9.17, 15) is 0 Å². The summed E-state index contributed by atoms with van der Waals surface area (Å²) in [6.07, 6.45) is 0. The fourth-order valence-corrected chi connectivity index (χ4v) is 0. The molecule has 0 bridgehead atoms. The fourth-order valence-electron chi connectivity index (χ4n) is 0. The Hall–Kier alpha value is 4.56. The summed E-state index contributed by atoms with van der Waals surface area (Å²) in [4.78, 5) is 0. The zero-order chi connectivity index (χ0) is 0. The SMILES string of the molecule is [B].[H-].[H-].[H-].[Mn].[Mo].[Rb+].[Sr+2]. The summed E-state index contributed by atoms with van der Waals surface area (Å²) < 4.78 is 0. The van der Waals surface area contributed by atoms with Gasteiger partial charge in [-0.25, -0.2) is 0 Å². The van der Waals surface area contributed by atoms with Crippen LogP contribution < -0.4 is 58.2 Å². The van der Waals surface area contributed by atoms with Gasteiger partial charge in [-0.15, -0.1) is 0 Å². The van der Waals surface area contributed by atoms with Crippen molar-refractivity contribution in [2.24, 2.45) is 0 Å². The maximum Gasteiger partial charge on any atom is 2.00 e. The second-order valence-electron chi connectivity index (χ2n) is 0. The monoisotopic (exact) mass is 340 g/mol. The molecular weight excluding hydrogens is 335 g/mol. The van der Waals surface area contributed by atoms with Crippen LogP contribution in [0.3, 0.4) is 0 Å².